The Bertz CT molecular complexity index is 678. The van der Waals surface area contributed by atoms with Crippen molar-refractivity contribution >= 4 is 11.0 Å². The number of nitrogens with zero attached hydrogens (tertiary/aromatic N) is 4. The van der Waals surface area contributed by atoms with E-state index in [4.69, 9.17) is 10.5 Å². The van der Waals surface area contributed by atoms with Crippen LogP contribution in [0.1, 0.15) is 12.8 Å². The fourth-order valence-electron chi connectivity index (χ4n) is 1.87. The van der Waals surface area contributed by atoms with Gasteiger partial charge in [0.15, 0.2) is 11.6 Å². The summed E-state index contributed by atoms with van der Waals surface area (Å²) >= 11 is 0. The van der Waals surface area contributed by atoms with E-state index in [1.165, 1.54) is 6.33 Å². The van der Waals surface area contributed by atoms with Crippen LogP contribution in [0.5, 0.6) is 0 Å². The second kappa shape index (κ2) is 5.45. The largest absolute Gasteiger partial charge is 0.329 e. The van der Waals surface area contributed by atoms with Gasteiger partial charge in [-0.2, -0.15) is 10.5 Å². The minimum absolute atomic E-state index is 0.286. The Morgan fingerprint density at radius 1 is 1.26 bits per heavy atom. The molecule has 0 bridgehead atoms. The zero-order chi connectivity index (χ0) is 13.8. The molecule has 1 heterocycles. The highest BCUT2D eigenvalue weighted by Gasteiger charge is 2.13. The quantitative estimate of drug-likeness (QED) is 0.848. The summed E-state index contributed by atoms with van der Waals surface area (Å²) in [4.78, 5) is 3.97. The molecule has 1 atom stereocenters. The summed E-state index contributed by atoms with van der Waals surface area (Å²) in [5, 5.41) is 17.5. The molecule has 0 saturated heterocycles. The van der Waals surface area contributed by atoms with E-state index in [9.17, 15) is 8.78 Å². The van der Waals surface area contributed by atoms with Gasteiger partial charge in [-0.1, -0.05) is 0 Å². The van der Waals surface area contributed by atoms with Gasteiger partial charge in [-0.15, -0.1) is 0 Å². The van der Waals surface area contributed by atoms with Gasteiger partial charge in [-0.3, -0.25) is 0 Å². The van der Waals surface area contributed by atoms with Crippen molar-refractivity contribution in [2.75, 3.05) is 0 Å². The minimum Gasteiger partial charge on any atom is -0.329 e. The molecular weight excluding hydrogens is 250 g/mol. The highest BCUT2D eigenvalue weighted by atomic mass is 19.2. The van der Waals surface area contributed by atoms with Gasteiger partial charge in [-0.25, -0.2) is 13.8 Å². The molecule has 0 N–H and O–H groups in total. The molecule has 0 aliphatic carbocycles. The number of halogens is 2. The van der Waals surface area contributed by atoms with Crippen LogP contribution in [0.4, 0.5) is 8.78 Å². The summed E-state index contributed by atoms with van der Waals surface area (Å²) < 4.78 is 27.8. The average molecular weight is 260 g/mol. The molecule has 2 aromatic rings. The number of benzene rings is 1. The zero-order valence-corrected chi connectivity index (χ0v) is 9.98. The predicted octanol–water partition coefficient (Wildman–Crippen LogP) is 2.76. The number of rotatable bonds is 4. The van der Waals surface area contributed by atoms with Gasteiger partial charge >= 0.3 is 0 Å². The lowest BCUT2D eigenvalue weighted by Crippen LogP contribution is -2.08. The van der Waals surface area contributed by atoms with Gasteiger partial charge in [0.25, 0.3) is 0 Å². The Kier molecular flexibility index (Phi) is 3.72. The van der Waals surface area contributed by atoms with E-state index in [0.717, 1.165) is 12.1 Å². The fraction of sp³-hybridized carbons (Fsp3) is 0.308. The van der Waals surface area contributed by atoms with Gasteiger partial charge in [0, 0.05) is 25.1 Å². The zero-order valence-electron chi connectivity index (χ0n) is 9.98. The van der Waals surface area contributed by atoms with E-state index < -0.39 is 11.6 Å². The summed E-state index contributed by atoms with van der Waals surface area (Å²) in [5.41, 5.74) is 0.784. The average Bonchev–Trinajstić information content (AvgIpc) is 2.77. The van der Waals surface area contributed by atoms with Crippen molar-refractivity contribution in [3.05, 3.63) is 30.1 Å². The van der Waals surface area contributed by atoms with Gasteiger partial charge in [0.05, 0.1) is 35.4 Å². The first-order valence-corrected chi connectivity index (χ1v) is 5.72. The molecule has 0 saturated carbocycles. The monoisotopic (exact) mass is 260 g/mol. The van der Waals surface area contributed by atoms with Crippen LogP contribution in [-0.4, -0.2) is 9.55 Å². The SMILES string of the molecule is N#CCC[C@@H](C#N)Cn1cnc2cc(F)c(F)cc21. The third-order valence-electron chi connectivity index (χ3n) is 2.87. The van der Waals surface area contributed by atoms with Crippen LogP contribution in [0, 0.1) is 40.2 Å². The van der Waals surface area contributed by atoms with Crippen LogP contribution in [0.15, 0.2) is 18.5 Å². The molecule has 1 aromatic heterocycles. The van der Waals surface area contributed by atoms with E-state index in [2.05, 4.69) is 11.1 Å². The van der Waals surface area contributed by atoms with Crippen molar-refractivity contribution in [1.29, 1.82) is 10.5 Å². The summed E-state index contributed by atoms with van der Waals surface area (Å²) in [5.74, 6) is -2.25. The summed E-state index contributed by atoms with van der Waals surface area (Å²) in [6.45, 7) is 0.305. The maximum atomic E-state index is 13.2. The van der Waals surface area contributed by atoms with Gasteiger partial charge in [-0.05, 0) is 6.42 Å². The first kappa shape index (κ1) is 13.0. The van der Waals surface area contributed by atoms with Gasteiger partial charge < -0.3 is 4.57 Å². The van der Waals surface area contributed by atoms with E-state index >= 15 is 0 Å². The smallest absolute Gasteiger partial charge is 0.161 e. The first-order chi connectivity index (χ1) is 9.15. The normalized spacial score (nSPS) is 12.0. The molecule has 4 nitrogen and oxygen atoms in total. The van der Waals surface area contributed by atoms with Crippen LogP contribution in [0.3, 0.4) is 0 Å². The molecule has 1 aromatic carbocycles. The number of hydrogen-bond donors (Lipinski definition) is 0. The van der Waals surface area contributed by atoms with Crippen molar-refractivity contribution in [2.45, 2.75) is 19.4 Å². The second-order valence-corrected chi connectivity index (χ2v) is 4.17. The third kappa shape index (κ3) is 2.69. The Morgan fingerprint density at radius 2 is 2.00 bits per heavy atom. The van der Waals surface area contributed by atoms with Gasteiger partial charge in [0.1, 0.15) is 0 Å². The Labute approximate surface area is 108 Å². The molecule has 0 fully saturated rings. The number of fused-ring (bicyclic) bond motifs is 1. The maximum absolute atomic E-state index is 13.2. The number of aromatic nitrogens is 2. The molecule has 0 aliphatic rings. The van der Waals surface area contributed by atoms with E-state index in [1.807, 2.05) is 6.07 Å². The molecule has 2 rings (SSSR count). The molecule has 96 valence electrons. The molecule has 6 heteroatoms. The lowest BCUT2D eigenvalue weighted by molar-refractivity contribution is 0.506. The number of imidazole rings is 1. The molecular formula is C13H10F2N4. The molecule has 0 radical (unpaired) electrons. The Morgan fingerprint density at radius 3 is 2.68 bits per heavy atom. The second-order valence-electron chi connectivity index (χ2n) is 4.17. The lowest BCUT2D eigenvalue weighted by atomic mass is 10.1. The molecule has 0 unspecified atom stereocenters. The third-order valence-corrected chi connectivity index (χ3v) is 2.87. The summed E-state index contributed by atoms with van der Waals surface area (Å²) in [6, 6.07) is 6.17. The van der Waals surface area contributed by atoms with Crippen LogP contribution in [-0.2, 0) is 6.54 Å². The maximum Gasteiger partial charge on any atom is 0.161 e. The number of hydrogen-bond acceptors (Lipinski definition) is 3. The Balaban J connectivity index is 2.28. The van der Waals surface area contributed by atoms with Gasteiger partial charge in [0.2, 0.25) is 0 Å². The van der Waals surface area contributed by atoms with Crippen molar-refractivity contribution in [3.8, 4) is 12.1 Å². The van der Waals surface area contributed by atoms with E-state index in [-0.39, 0.29) is 12.3 Å². The lowest BCUT2D eigenvalue weighted by Gasteiger charge is -2.08. The first-order valence-electron chi connectivity index (χ1n) is 5.72. The van der Waals surface area contributed by atoms with Crippen molar-refractivity contribution in [1.82, 2.24) is 9.55 Å². The van der Waals surface area contributed by atoms with Crippen molar-refractivity contribution in [2.24, 2.45) is 5.92 Å². The summed E-state index contributed by atoms with van der Waals surface area (Å²) in [7, 11) is 0. The molecule has 0 spiro atoms. The molecule has 0 amide bonds. The fourth-order valence-corrected chi connectivity index (χ4v) is 1.87. The highest BCUT2D eigenvalue weighted by Crippen LogP contribution is 2.19. The standard InChI is InChI=1S/C13H10F2N4/c14-10-4-12-13(5-11(10)15)19(8-18-12)7-9(6-17)2-1-3-16/h4-5,8-9H,1-2,7H2/t9-/m0/s1. The highest BCUT2D eigenvalue weighted by molar-refractivity contribution is 5.75. The van der Waals surface area contributed by atoms with Crippen LogP contribution >= 0.6 is 0 Å². The van der Waals surface area contributed by atoms with Crippen LogP contribution < -0.4 is 0 Å². The van der Waals surface area contributed by atoms with Crippen LogP contribution in [0.2, 0.25) is 0 Å². The van der Waals surface area contributed by atoms with E-state index in [1.54, 1.807) is 4.57 Å². The van der Waals surface area contributed by atoms with E-state index in [0.29, 0.717) is 24.0 Å². The summed E-state index contributed by atoms with van der Waals surface area (Å²) in [6.07, 6.45) is 2.17. The minimum atomic E-state index is -0.945. The van der Waals surface area contributed by atoms with Crippen molar-refractivity contribution < 1.29 is 8.78 Å². The molecule has 0 aliphatic heterocycles. The molecule has 19 heavy (non-hydrogen) atoms. The topological polar surface area (TPSA) is 65.4 Å². The van der Waals surface area contributed by atoms with Crippen LogP contribution in [0.25, 0.3) is 11.0 Å². The van der Waals surface area contributed by atoms with Crippen molar-refractivity contribution in [3.63, 3.8) is 0 Å². The number of nitriles is 2. The predicted molar refractivity (Wildman–Crippen MR) is 63.6 cm³/mol. The Hall–Kier alpha value is -2.47.